The van der Waals surface area contributed by atoms with Crippen molar-refractivity contribution in [1.82, 2.24) is 19.9 Å². The molecule has 0 atom stereocenters. The zero-order valence-electron chi connectivity index (χ0n) is 14.1. The molecule has 0 bridgehead atoms. The molecule has 0 aliphatic carbocycles. The SMILES string of the molecule is O=c1ccn(-c2ccccc2)nc1-c1nc(-c2ccc(C(F)(F)F)cc2)no1. The summed E-state index contributed by atoms with van der Waals surface area (Å²) in [5, 5.41) is 7.97. The van der Waals surface area contributed by atoms with Gasteiger partial charge in [0.25, 0.3) is 5.89 Å². The molecule has 140 valence electrons. The Labute approximate surface area is 155 Å². The lowest BCUT2D eigenvalue weighted by molar-refractivity contribution is -0.137. The van der Waals surface area contributed by atoms with Gasteiger partial charge in [0, 0.05) is 17.8 Å². The van der Waals surface area contributed by atoms with Crippen LogP contribution in [0.2, 0.25) is 0 Å². The van der Waals surface area contributed by atoms with Crippen LogP contribution in [0.4, 0.5) is 13.2 Å². The molecule has 0 radical (unpaired) electrons. The molecule has 6 nitrogen and oxygen atoms in total. The lowest BCUT2D eigenvalue weighted by Gasteiger charge is -2.05. The maximum absolute atomic E-state index is 12.7. The number of aromatic nitrogens is 4. The second-order valence-electron chi connectivity index (χ2n) is 5.81. The van der Waals surface area contributed by atoms with Crippen LogP contribution in [0.3, 0.4) is 0 Å². The van der Waals surface area contributed by atoms with Crippen LogP contribution in [-0.2, 0) is 6.18 Å². The number of nitrogens with zero attached hydrogens (tertiary/aromatic N) is 4. The Balaban J connectivity index is 1.69. The fourth-order valence-electron chi connectivity index (χ4n) is 2.53. The molecule has 0 aliphatic rings. The minimum Gasteiger partial charge on any atom is -0.332 e. The Bertz CT molecular complexity index is 1170. The molecule has 2 aromatic heterocycles. The normalized spacial score (nSPS) is 11.5. The van der Waals surface area contributed by atoms with E-state index in [0.29, 0.717) is 5.56 Å². The summed E-state index contributed by atoms with van der Waals surface area (Å²) in [4.78, 5) is 16.3. The summed E-state index contributed by atoms with van der Waals surface area (Å²) in [5.74, 6) is -0.0646. The molecule has 9 heteroatoms. The molecule has 0 fully saturated rings. The van der Waals surface area contributed by atoms with E-state index in [0.717, 1.165) is 17.8 Å². The van der Waals surface area contributed by atoms with E-state index in [2.05, 4.69) is 15.2 Å². The topological polar surface area (TPSA) is 73.8 Å². The second-order valence-corrected chi connectivity index (χ2v) is 5.81. The Hall–Kier alpha value is -3.75. The number of alkyl halides is 3. The molecule has 0 unspecified atom stereocenters. The highest BCUT2D eigenvalue weighted by atomic mass is 19.4. The number of hydrogen-bond donors (Lipinski definition) is 0. The van der Waals surface area contributed by atoms with Crippen molar-refractivity contribution in [2.24, 2.45) is 0 Å². The number of benzene rings is 2. The van der Waals surface area contributed by atoms with Crippen molar-refractivity contribution in [3.63, 3.8) is 0 Å². The molecular formula is C19H11F3N4O2. The van der Waals surface area contributed by atoms with Gasteiger partial charge in [0.15, 0.2) is 5.69 Å². The monoisotopic (exact) mass is 384 g/mol. The van der Waals surface area contributed by atoms with E-state index in [-0.39, 0.29) is 17.4 Å². The lowest BCUT2D eigenvalue weighted by atomic mass is 10.1. The maximum atomic E-state index is 12.7. The van der Waals surface area contributed by atoms with Gasteiger partial charge in [-0.15, -0.1) is 0 Å². The van der Waals surface area contributed by atoms with Crippen LogP contribution in [-0.4, -0.2) is 19.9 Å². The van der Waals surface area contributed by atoms with Crippen molar-refractivity contribution in [2.75, 3.05) is 0 Å². The van der Waals surface area contributed by atoms with Crippen LogP contribution in [0, 0.1) is 0 Å². The van der Waals surface area contributed by atoms with E-state index < -0.39 is 17.2 Å². The van der Waals surface area contributed by atoms with Gasteiger partial charge in [-0.2, -0.15) is 23.3 Å². The summed E-state index contributed by atoms with van der Waals surface area (Å²) in [7, 11) is 0. The fourth-order valence-corrected chi connectivity index (χ4v) is 2.53. The quantitative estimate of drug-likeness (QED) is 0.534. The van der Waals surface area contributed by atoms with Crippen LogP contribution >= 0.6 is 0 Å². The molecule has 4 rings (SSSR count). The van der Waals surface area contributed by atoms with Crippen molar-refractivity contribution in [3.05, 3.63) is 82.6 Å². The first-order chi connectivity index (χ1) is 13.4. The van der Waals surface area contributed by atoms with Crippen molar-refractivity contribution in [3.8, 4) is 28.7 Å². The molecule has 4 aromatic rings. The van der Waals surface area contributed by atoms with Crippen LogP contribution < -0.4 is 5.43 Å². The molecule has 0 saturated heterocycles. The highest BCUT2D eigenvalue weighted by molar-refractivity contribution is 5.58. The number of hydrogen-bond acceptors (Lipinski definition) is 5. The molecule has 0 aliphatic heterocycles. The summed E-state index contributed by atoms with van der Waals surface area (Å²) in [5.41, 5.74) is -0.212. The van der Waals surface area contributed by atoms with Crippen LogP contribution in [0.5, 0.6) is 0 Å². The first-order valence-corrected chi connectivity index (χ1v) is 8.09. The van der Waals surface area contributed by atoms with Crippen molar-refractivity contribution >= 4 is 0 Å². The third-order valence-corrected chi connectivity index (χ3v) is 3.93. The predicted octanol–water partition coefficient (Wildman–Crippen LogP) is 3.97. The van der Waals surface area contributed by atoms with Gasteiger partial charge < -0.3 is 4.52 Å². The average Bonchev–Trinajstić information content (AvgIpc) is 3.18. The van der Waals surface area contributed by atoms with Crippen molar-refractivity contribution < 1.29 is 17.7 Å². The van der Waals surface area contributed by atoms with Gasteiger partial charge >= 0.3 is 6.18 Å². The first-order valence-electron chi connectivity index (χ1n) is 8.09. The Kier molecular flexibility index (Phi) is 4.26. The second kappa shape index (κ2) is 6.76. The Morgan fingerprint density at radius 1 is 0.929 bits per heavy atom. The smallest absolute Gasteiger partial charge is 0.332 e. The van der Waals surface area contributed by atoms with Gasteiger partial charge in [-0.05, 0) is 24.3 Å². The number of rotatable bonds is 3. The van der Waals surface area contributed by atoms with Crippen molar-refractivity contribution in [1.29, 1.82) is 0 Å². The highest BCUT2D eigenvalue weighted by Gasteiger charge is 2.30. The summed E-state index contributed by atoms with van der Waals surface area (Å²) in [6.07, 6.45) is -2.92. The van der Waals surface area contributed by atoms with Gasteiger partial charge in [0.1, 0.15) is 0 Å². The number of para-hydroxylation sites is 1. The summed E-state index contributed by atoms with van der Waals surface area (Å²) in [6, 6.07) is 14.7. The number of halogens is 3. The molecule has 0 amide bonds. The molecule has 2 aromatic carbocycles. The zero-order chi connectivity index (χ0) is 19.7. The van der Waals surface area contributed by atoms with Crippen molar-refractivity contribution in [2.45, 2.75) is 6.18 Å². The fraction of sp³-hybridized carbons (Fsp3) is 0.0526. The van der Waals surface area contributed by atoms with Gasteiger partial charge in [-0.1, -0.05) is 35.5 Å². The van der Waals surface area contributed by atoms with E-state index >= 15 is 0 Å². The third-order valence-electron chi connectivity index (χ3n) is 3.93. The van der Waals surface area contributed by atoms with Crippen LogP contribution in [0.15, 0.2) is 76.2 Å². The van der Waals surface area contributed by atoms with E-state index in [1.54, 1.807) is 0 Å². The molecule has 2 heterocycles. The predicted molar refractivity (Wildman–Crippen MR) is 93.6 cm³/mol. The van der Waals surface area contributed by atoms with Crippen LogP contribution in [0.1, 0.15) is 5.56 Å². The van der Waals surface area contributed by atoms with Gasteiger partial charge in [0.05, 0.1) is 11.3 Å². The van der Waals surface area contributed by atoms with Gasteiger partial charge in [-0.25, -0.2) is 4.68 Å². The largest absolute Gasteiger partial charge is 0.416 e. The van der Waals surface area contributed by atoms with E-state index in [9.17, 15) is 18.0 Å². The van der Waals surface area contributed by atoms with E-state index in [1.165, 1.54) is 29.1 Å². The molecule has 0 spiro atoms. The minimum atomic E-state index is -4.43. The zero-order valence-corrected chi connectivity index (χ0v) is 14.1. The molecule has 0 saturated carbocycles. The standard InChI is InChI=1S/C19H11F3N4O2/c20-19(21,22)13-8-6-12(7-9-13)17-23-18(28-25-17)16-15(27)10-11-26(24-16)14-4-2-1-3-5-14/h1-11H. The molecular weight excluding hydrogens is 373 g/mol. The summed E-state index contributed by atoms with van der Waals surface area (Å²) < 4.78 is 44.6. The average molecular weight is 384 g/mol. The molecule has 28 heavy (non-hydrogen) atoms. The first kappa shape index (κ1) is 17.7. The minimum absolute atomic E-state index is 0.0556. The highest BCUT2D eigenvalue weighted by Crippen LogP contribution is 2.30. The van der Waals surface area contributed by atoms with Gasteiger partial charge in [-0.3, -0.25) is 4.79 Å². The van der Waals surface area contributed by atoms with E-state index in [1.807, 2.05) is 30.3 Å². The third kappa shape index (κ3) is 3.41. The maximum Gasteiger partial charge on any atom is 0.416 e. The van der Waals surface area contributed by atoms with E-state index in [4.69, 9.17) is 4.52 Å². The summed E-state index contributed by atoms with van der Waals surface area (Å²) >= 11 is 0. The van der Waals surface area contributed by atoms with Gasteiger partial charge in [0.2, 0.25) is 11.3 Å². The molecule has 0 N–H and O–H groups in total. The summed E-state index contributed by atoms with van der Waals surface area (Å²) in [6.45, 7) is 0. The van der Waals surface area contributed by atoms with Crippen LogP contribution in [0.25, 0.3) is 28.7 Å². The Morgan fingerprint density at radius 3 is 2.32 bits per heavy atom. The Morgan fingerprint density at radius 2 is 1.64 bits per heavy atom. The lowest BCUT2D eigenvalue weighted by Crippen LogP contribution is -2.12.